The molecule has 1 amide bonds. The number of primary amides is 1. The number of hydrogen-bond acceptors (Lipinski definition) is 2. The molecule has 0 saturated heterocycles. The summed E-state index contributed by atoms with van der Waals surface area (Å²) in [6.45, 7) is 2.10. The fraction of sp³-hybridized carbons (Fsp3) is 0.300. The molecule has 0 aliphatic rings. The van der Waals surface area contributed by atoms with Crippen LogP contribution in [0.1, 0.15) is 18.9 Å². The predicted octanol–water partition coefficient (Wildman–Crippen LogP) is 2.10. The van der Waals surface area contributed by atoms with Gasteiger partial charge in [0.2, 0.25) is 0 Å². The van der Waals surface area contributed by atoms with Gasteiger partial charge in [-0.3, -0.25) is 0 Å². The van der Waals surface area contributed by atoms with E-state index >= 15 is 0 Å². The topological polar surface area (TPSA) is 52.3 Å². The largest absolute Gasteiger partial charge is 0.410 e. The Morgan fingerprint density at radius 3 is 2.92 bits per heavy atom. The van der Waals surface area contributed by atoms with Gasteiger partial charge in [0.15, 0.2) is 0 Å². The lowest BCUT2D eigenvalue weighted by Gasteiger charge is -2.02. The molecule has 0 radical (unpaired) electrons. The lowest BCUT2D eigenvalue weighted by Crippen LogP contribution is -2.16. The van der Waals surface area contributed by atoms with E-state index in [4.69, 9.17) is 10.5 Å². The predicted molar refractivity (Wildman–Crippen MR) is 50.6 cm³/mol. The average Bonchev–Trinajstić information content (AvgIpc) is 2.04. The van der Waals surface area contributed by atoms with Crippen LogP contribution in [-0.4, -0.2) is 6.09 Å². The van der Waals surface area contributed by atoms with Gasteiger partial charge in [-0.25, -0.2) is 4.79 Å². The normalized spacial score (nSPS) is 9.62. The van der Waals surface area contributed by atoms with E-state index < -0.39 is 6.09 Å². The summed E-state index contributed by atoms with van der Waals surface area (Å²) in [5.74, 6) is 0.512. The van der Waals surface area contributed by atoms with Crippen molar-refractivity contribution in [3.8, 4) is 5.75 Å². The van der Waals surface area contributed by atoms with E-state index in [0.717, 1.165) is 18.4 Å². The summed E-state index contributed by atoms with van der Waals surface area (Å²) in [4.78, 5) is 10.4. The van der Waals surface area contributed by atoms with Gasteiger partial charge >= 0.3 is 6.09 Å². The van der Waals surface area contributed by atoms with E-state index in [2.05, 4.69) is 6.92 Å². The van der Waals surface area contributed by atoms with Gasteiger partial charge in [0, 0.05) is 0 Å². The number of carbonyl (C=O) groups is 1. The van der Waals surface area contributed by atoms with E-state index in [0.29, 0.717) is 5.75 Å². The molecular weight excluding hydrogens is 166 g/mol. The highest BCUT2D eigenvalue weighted by Gasteiger charge is 1.98. The fourth-order valence-corrected chi connectivity index (χ4v) is 1.17. The summed E-state index contributed by atoms with van der Waals surface area (Å²) in [7, 11) is 0. The molecule has 1 aromatic rings. The van der Waals surface area contributed by atoms with Crippen LogP contribution in [0.2, 0.25) is 0 Å². The van der Waals surface area contributed by atoms with Gasteiger partial charge in [-0.15, -0.1) is 0 Å². The number of hydrogen-bond donors (Lipinski definition) is 1. The number of aryl methyl sites for hydroxylation is 1. The Morgan fingerprint density at radius 1 is 1.54 bits per heavy atom. The molecule has 0 aromatic heterocycles. The molecule has 2 N–H and O–H groups in total. The molecule has 0 aliphatic heterocycles. The molecular formula is C10H13NO2. The van der Waals surface area contributed by atoms with Gasteiger partial charge in [0.05, 0.1) is 0 Å². The molecule has 0 fully saturated rings. The first kappa shape index (κ1) is 9.58. The van der Waals surface area contributed by atoms with E-state index in [9.17, 15) is 4.79 Å². The molecule has 0 unspecified atom stereocenters. The third kappa shape index (κ3) is 3.15. The van der Waals surface area contributed by atoms with Crippen molar-refractivity contribution < 1.29 is 9.53 Å². The van der Waals surface area contributed by atoms with Crippen molar-refractivity contribution in [2.45, 2.75) is 19.8 Å². The standard InChI is InChI=1S/C10H13NO2/c1-2-4-8-5-3-6-9(7-8)13-10(11)12/h3,5-7H,2,4H2,1H3,(H2,11,12). The zero-order chi connectivity index (χ0) is 9.68. The number of benzene rings is 1. The summed E-state index contributed by atoms with van der Waals surface area (Å²) >= 11 is 0. The van der Waals surface area contributed by atoms with E-state index in [1.54, 1.807) is 6.07 Å². The van der Waals surface area contributed by atoms with Crippen molar-refractivity contribution in [3.63, 3.8) is 0 Å². The number of carbonyl (C=O) groups excluding carboxylic acids is 1. The van der Waals surface area contributed by atoms with Crippen molar-refractivity contribution in [1.82, 2.24) is 0 Å². The summed E-state index contributed by atoms with van der Waals surface area (Å²) < 4.78 is 4.74. The molecule has 1 aromatic carbocycles. The highest BCUT2D eigenvalue weighted by atomic mass is 16.5. The number of ether oxygens (including phenoxy) is 1. The molecule has 1 rings (SSSR count). The zero-order valence-electron chi connectivity index (χ0n) is 7.62. The molecule has 0 atom stereocenters. The number of amides is 1. The summed E-state index contributed by atoms with van der Waals surface area (Å²) in [5.41, 5.74) is 6.04. The monoisotopic (exact) mass is 179 g/mol. The second kappa shape index (κ2) is 4.50. The van der Waals surface area contributed by atoms with Gasteiger partial charge in [-0.05, 0) is 24.1 Å². The number of nitrogens with two attached hydrogens (primary N) is 1. The van der Waals surface area contributed by atoms with E-state index in [1.807, 2.05) is 18.2 Å². The lowest BCUT2D eigenvalue weighted by molar-refractivity contribution is 0.211. The summed E-state index contributed by atoms with van der Waals surface area (Å²) in [6, 6.07) is 7.39. The SMILES string of the molecule is CCCc1cccc(OC(N)=O)c1. The molecule has 3 heteroatoms. The molecule has 0 bridgehead atoms. The van der Waals surface area contributed by atoms with Crippen molar-refractivity contribution in [3.05, 3.63) is 29.8 Å². The van der Waals surface area contributed by atoms with Crippen molar-refractivity contribution in [1.29, 1.82) is 0 Å². The first-order chi connectivity index (χ1) is 6.22. The zero-order valence-corrected chi connectivity index (χ0v) is 7.62. The second-order valence-electron chi connectivity index (χ2n) is 2.82. The van der Waals surface area contributed by atoms with E-state index in [1.165, 1.54) is 0 Å². The van der Waals surface area contributed by atoms with Crippen molar-refractivity contribution in [2.24, 2.45) is 5.73 Å². The minimum Gasteiger partial charge on any atom is -0.410 e. The fourth-order valence-electron chi connectivity index (χ4n) is 1.17. The van der Waals surface area contributed by atoms with Crippen LogP contribution < -0.4 is 10.5 Å². The molecule has 0 aliphatic carbocycles. The molecule has 0 saturated carbocycles. The molecule has 0 spiro atoms. The van der Waals surface area contributed by atoms with Gasteiger partial charge in [-0.1, -0.05) is 25.5 Å². The molecule has 0 heterocycles. The van der Waals surface area contributed by atoms with Crippen LogP contribution in [0.15, 0.2) is 24.3 Å². The maximum absolute atomic E-state index is 10.4. The van der Waals surface area contributed by atoms with Crippen LogP contribution in [0.5, 0.6) is 5.75 Å². The van der Waals surface area contributed by atoms with Crippen molar-refractivity contribution >= 4 is 6.09 Å². The molecule has 3 nitrogen and oxygen atoms in total. The van der Waals surface area contributed by atoms with E-state index in [-0.39, 0.29) is 0 Å². The minimum atomic E-state index is -0.770. The van der Waals surface area contributed by atoms with Gasteiger partial charge < -0.3 is 10.5 Å². The third-order valence-corrected chi connectivity index (χ3v) is 1.66. The van der Waals surface area contributed by atoms with Crippen LogP contribution >= 0.6 is 0 Å². The van der Waals surface area contributed by atoms with Crippen LogP contribution in [0, 0.1) is 0 Å². The Kier molecular flexibility index (Phi) is 3.31. The Hall–Kier alpha value is -1.51. The highest BCUT2D eigenvalue weighted by Crippen LogP contribution is 2.14. The van der Waals surface area contributed by atoms with Crippen molar-refractivity contribution in [2.75, 3.05) is 0 Å². The van der Waals surface area contributed by atoms with Gasteiger partial charge in [0.1, 0.15) is 5.75 Å². The van der Waals surface area contributed by atoms with Crippen LogP contribution in [-0.2, 0) is 6.42 Å². The maximum atomic E-state index is 10.4. The second-order valence-corrected chi connectivity index (χ2v) is 2.82. The van der Waals surface area contributed by atoms with Gasteiger partial charge in [-0.2, -0.15) is 0 Å². The highest BCUT2D eigenvalue weighted by molar-refractivity contribution is 5.68. The Morgan fingerprint density at radius 2 is 2.31 bits per heavy atom. The molecule has 13 heavy (non-hydrogen) atoms. The minimum absolute atomic E-state index is 0.512. The Labute approximate surface area is 77.5 Å². The maximum Gasteiger partial charge on any atom is 0.409 e. The number of rotatable bonds is 3. The molecule has 70 valence electrons. The van der Waals surface area contributed by atoms with Gasteiger partial charge in [0.25, 0.3) is 0 Å². The quantitative estimate of drug-likeness (QED) is 0.772. The van der Waals surface area contributed by atoms with Crippen LogP contribution in [0.25, 0.3) is 0 Å². The Balaban J connectivity index is 2.73. The average molecular weight is 179 g/mol. The first-order valence-electron chi connectivity index (χ1n) is 4.28. The van der Waals surface area contributed by atoms with Crippen LogP contribution in [0.3, 0.4) is 0 Å². The van der Waals surface area contributed by atoms with Crippen LogP contribution in [0.4, 0.5) is 4.79 Å². The lowest BCUT2D eigenvalue weighted by atomic mass is 10.1. The third-order valence-electron chi connectivity index (χ3n) is 1.66. The smallest absolute Gasteiger partial charge is 0.409 e. The summed E-state index contributed by atoms with van der Waals surface area (Å²) in [5, 5.41) is 0. The first-order valence-corrected chi connectivity index (χ1v) is 4.28. The Bertz CT molecular complexity index is 297. The summed E-state index contributed by atoms with van der Waals surface area (Å²) in [6.07, 6.45) is 1.28.